The van der Waals surface area contributed by atoms with E-state index in [1.807, 2.05) is 0 Å². The molecule has 2 rings (SSSR count). The second-order valence-electron chi connectivity index (χ2n) is 10.0. The van der Waals surface area contributed by atoms with Gasteiger partial charge in [0.2, 0.25) is 0 Å². The summed E-state index contributed by atoms with van der Waals surface area (Å²) >= 11 is 0. The maximum absolute atomic E-state index is 11.4. The molecule has 37 heavy (non-hydrogen) atoms. The molecule has 0 unspecified atom stereocenters. The van der Waals surface area contributed by atoms with E-state index < -0.39 is 9.85 Å². The molecule has 0 fully saturated rings. The van der Waals surface area contributed by atoms with Crippen LogP contribution < -0.4 is 5.43 Å². The Bertz CT molecular complexity index is 1100. The number of hydrogen-bond donors (Lipinski definition) is 1. The first-order valence-electron chi connectivity index (χ1n) is 13.1. The molecule has 0 saturated heterocycles. The molecule has 0 aliphatic rings. The average molecular weight is 509 g/mol. The minimum Gasteiger partial charge on any atom is -0.272 e. The van der Waals surface area contributed by atoms with Crippen molar-refractivity contribution in [3.8, 4) is 0 Å². The third-order valence-corrected chi connectivity index (χ3v) is 7.06. The number of nitrogens with zero attached hydrogens (tertiary/aromatic N) is 3. The molecule has 0 aliphatic heterocycles. The Morgan fingerprint density at radius 3 is 2.30 bits per heavy atom. The van der Waals surface area contributed by atoms with Gasteiger partial charge < -0.3 is 0 Å². The number of rotatable bonds is 15. The van der Waals surface area contributed by atoms with Crippen molar-refractivity contribution in [3.05, 3.63) is 86.0 Å². The molecule has 1 N–H and O–H groups in total. The zero-order chi connectivity index (χ0) is 27.4. The van der Waals surface area contributed by atoms with E-state index in [1.54, 1.807) is 6.21 Å². The van der Waals surface area contributed by atoms with Crippen LogP contribution in [0.4, 0.5) is 17.1 Å². The van der Waals surface area contributed by atoms with Gasteiger partial charge in [0.05, 0.1) is 15.9 Å². The highest BCUT2D eigenvalue weighted by Gasteiger charge is 2.27. The molecule has 0 spiro atoms. The summed E-state index contributed by atoms with van der Waals surface area (Å²) in [5.41, 5.74) is 4.54. The Morgan fingerprint density at radius 2 is 1.70 bits per heavy atom. The van der Waals surface area contributed by atoms with E-state index in [-0.39, 0.29) is 28.4 Å². The largest absolute Gasteiger partial charge is 0.301 e. The van der Waals surface area contributed by atoms with Gasteiger partial charge in [-0.15, -0.1) is 0 Å². The average Bonchev–Trinajstić information content (AvgIpc) is 2.88. The third kappa shape index (κ3) is 8.81. The first kappa shape index (κ1) is 29.7. The van der Waals surface area contributed by atoms with Crippen LogP contribution in [0.5, 0.6) is 0 Å². The van der Waals surface area contributed by atoms with Crippen LogP contribution in [-0.4, -0.2) is 16.1 Å². The van der Waals surface area contributed by atoms with E-state index in [2.05, 4.69) is 81.6 Å². The Morgan fingerprint density at radius 1 is 1.03 bits per heavy atom. The summed E-state index contributed by atoms with van der Waals surface area (Å²) in [4.78, 5) is 21.1. The predicted octanol–water partition coefficient (Wildman–Crippen LogP) is 8.57. The zero-order valence-corrected chi connectivity index (χ0v) is 22.6. The highest BCUT2D eigenvalue weighted by Crippen LogP contribution is 2.36. The first-order valence-corrected chi connectivity index (χ1v) is 13.1. The number of benzene rings is 2. The Kier molecular flexibility index (Phi) is 11.4. The fraction of sp³-hybridized carbons (Fsp3) is 0.483. The maximum Gasteiger partial charge on any atom is 0.301 e. The molecular weight excluding hydrogens is 468 g/mol. The summed E-state index contributed by atoms with van der Waals surface area (Å²) in [6, 6.07) is 12.2. The van der Waals surface area contributed by atoms with Gasteiger partial charge in [0, 0.05) is 24.1 Å². The summed E-state index contributed by atoms with van der Waals surface area (Å²) < 4.78 is 0. The Balaban J connectivity index is 2.26. The monoisotopic (exact) mass is 508 g/mol. The lowest BCUT2D eigenvalue weighted by atomic mass is 9.73. The molecule has 0 heterocycles. The molecule has 2 aromatic carbocycles. The molecule has 2 aromatic rings. The number of aryl methyl sites for hydroxylation is 1. The molecular formula is C29H40N4O4. The van der Waals surface area contributed by atoms with E-state index in [0.29, 0.717) is 5.92 Å². The van der Waals surface area contributed by atoms with E-state index >= 15 is 0 Å². The SMILES string of the molecule is CCCC[C@@H](/C=C/[C@](C)(CCCC)[C@@H](C)/C=N/Nc1ccc([N+](=O)[O-])cc1[N+](=O)[O-])c1ccc(C)cc1. The van der Waals surface area contributed by atoms with Crippen molar-refractivity contribution >= 4 is 23.3 Å². The van der Waals surface area contributed by atoms with E-state index in [4.69, 9.17) is 0 Å². The number of nitrogens with one attached hydrogen (secondary N) is 1. The molecule has 0 radical (unpaired) electrons. The van der Waals surface area contributed by atoms with Gasteiger partial charge in [-0.1, -0.05) is 95.4 Å². The van der Waals surface area contributed by atoms with Crippen molar-refractivity contribution in [1.29, 1.82) is 0 Å². The number of nitro groups is 2. The van der Waals surface area contributed by atoms with Gasteiger partial charge in [-0.05, 0) is 36.8 Å². The molecule has 200 valence electrons. The number of allylic oxidation sites excluding steroid dienone is 2. The van der Waals surface area contributed by atoms with Gasteiger partial charge in [0.25, 0.3) is 5.69 Å². The van der Waals surface area contributed by atoms with Gasteiger partial charge in [-0.2, -0.15) is 5.10 Å². The molecule has 8 nitrogen and oxygen atoms in total. The van der Waals surface area contributed by atoms with Gasteiger partial charge in [0.15, 0.2) is 0 Å². The van der Waals surface area contributed by atoms with Crippen LogP contribution in [0.2, 0.25) is 0 Å². The number of unbranched alkanes of at least 4 members (excludes halogenated alkanes) is 2. The summed E-state index contributed by atoms with van der Waals surface area (Å²) in [6.07, 6.45) is 13.0. The molecule has 0 aliphatic carbocycles. The van der Waals surface area contributed by atoms with E-state index in [9.17, 15) is 20.2 Å². The van der Waals surface area contributed by atoms with Crippen molar-refractivity contribution in [2.75, 3.05) is 5.43 Å². The maximum atomic E-state index is 11.4. The van der Waals surface area contributed by atoms with Crippen molar-refractivity contribution < 1.29 is 9.85 Å². The summed E-state index contributed by atoms with van der Waals surface area (Å²) in [7, 11) is 0. The standard InChI is InChI=1S/C29H40N4O4/c1-6-8-10-24(25-13-11-22(3)12-14-25)17-19-29(5,18-9-7-2)23(4)21-30-31-27-16-15-26(32(34)35)20-28(27)33(36)37/h11-17,19-21,23-24,31H,6-10,18H2,1-5H3/b19-17+,30-21+/t23-,24-,29-/m0/s1. The summed E-state index contributed by atoms with van der Waals surface area (Å²) in [5.74, 6) is 0.385. The van der Waals surface area contributed by atoms with Gasteiger partial charge in [0.1, 0.15) is 5.69 Å². The smallest absolute Gasteiger partial charge is 0.272 e. The van der Waals surface area contributed by atoms with Crippen molar-refractivity contribution in [2.45, 2.75) is 79.1 Å². The lowest BCUT2D eigenvalue weighted by Gasteiger charge is -2.31. The molecule has 0 bridgehead atoms. The predicted molar refractivity (Wildman–Crippen MR) is 151 cm³/mol. The molecule has 0 amide bonds. The Hall–Kier alpha value is -3.55. The molecule has 8 heteroatoms. The normalized spacial score (nSPS) is 14.9. The number of hydrogen-bond acceptors (Lipinski definition) is 6. The van der Waals surface area contributed by atoms with Crippen molar-refractivity contribution in [3.63, 3.8) is 0 Å². The fourth-order valence-corrected chi connectivity index (χ4v) is 4.24. The van der Waals surface area contributed by atoms with Gasteiger partial charge in [-0.3, -0.25) is 25.7 Å². The minimum absolute atomic E-state index is 0.0461. The minimum atomic E-state index is -0.655. The molecule has 3 atom stereocenters. The highest BCUT2D eigenvalue weighted by atomic mass is 16.6. The number of nitro benzene ring substituents is 2. The zero-order valence-electron chi connectivity index (χ0n) is 22.6. The lowest BCUT2D eigenvalue weighted by Crippen LogP contribution is -2.25. The van der Waals surface area contributed by atoms with Crippen LogP contribution in [0.25, 0.3) is 0 Å². The van der Waals surface area contributed by atoms with Crippen molar-refractivity contribution in [1.82, 2.24) is 0 Å². The molecule has 0 saturated carbocycles. The van der Waals surface area contributed by atoms with Crippen LogP contribution in [0.15, 0.2) is 59.7 Å². The van der Waals surface area contributed by atoms with Crippen molar-refractivity contribution in [2.24, 2.45) is 16.4 Å². The topological polar surface area (TPSA) is 111 Å². The van der Waals surface area contributed by atoms with E-state index in [1.165, 1.54) is 23.3 Å². The first-order chi connectivity index (χ1) is 17.6. The van der Waals surface area contributed by atoms with Crippen LogP contribution in [-0.2, 0) is 0 Å². The summed E-state index contributed by atoms with van der Waals surface area (Å²) in [6.45, 7) is 10.8. The lowest BCUT2D eigenvalue weighted by molar-refractivity contribution is -0.393. The van der Waals surface area contributed by atoms with Crippen LogP contribution >= 0.6 is 0 Å². The fourth-order valence-electron chi connectivity index (χ4n) is 4.24. The Labute approximate surface area is 220 Å². The second-order valence-corrected chi connectivity index (χ2v) is 10.0. The number of hydrazone groups is 1. The van der Waals surface area contributed by atoms with Crippen LogP contribution in [0, 0.1) is 38.5 Å². The summed E-state index contributed by atoms with van der Waals surface area (Å²) in [5, 5.41) is 26.7. The number of anilines is 1. The quantitative estimate of drug-likeness (QED) is 0.112. The third-order valence-electron chi connectivity index (χ3n) is 7.06. The van der Waals surface area contributed by atoms with Gasteiger partial charge in [-0.25, -0.2) is 0 Å². The highest BCUT2D eigenvalue weighted by molar-refractivity contribution is 5.68. The second kappa shape index (κ2) is 14.3. The van der Waals surface area contributed by atoms with E-state index in [0.717, 1.165) is 44.6 Å². The van der Waals surface area contributed by atoms with Crippen LogP contribution in [0.1, 0.15) is 83.3 Å². The molecule has 0 aromatic heterocycles. The van der Waals surface area contributed by atoms with Gasteiger partial charge >= 0.3 is 5.69 Å². The van der Waals surface area contributed by atoms with Crippen LogP contribution in [0.3, 0.4) is 0 Å². The number of non-ortho nitro benzene ring substituents is 1.